The summed E-state index contributed by atoms with van der Waals surface area (Å²) in [4.78, 5) is 6.54. The summed E-state index contributed by atoms with van der Waals surface area (Å²) >= 11 is 0. The summed E-state index contributed by atoms with van der Waals surface area (Å²) in [5.41, 5.74) is 4.60. The van der Waals surface area contributed by atoms with Crippen molar-refractivity contribution in [1.82, 2.24) is 0 Å². The van der Waals surface area contributed by atoms with Crippen LogP contribution in [0.4, 0.5) is 11.4 Å². The molecule has 0 aliphatic carbocycles. The number of nitrogens with zero attached hydrogens (tertiary/aromatic N) is 2. The summed E-state index contributed by atoms with van der Waals surface area (Å²) in [6.45, 7) is 0. The maximum Gasteiger partial charge on any atom is 0.0629 e. The average Bonchev–Trinajstić information content (AvgIpc) is 2.64. The van der Waals surface area contributed by atoms with Crippen LogP contribution in [0.3, 0.4) is 0 Å². The second-order valence-electron chi connectivity index (χ2n) is 5.43. The first-order valence-corrected chi connectivity index (χ1v) is 7.98. The maximum absolute atomic E-state index is 4.35. The fourth-order valence-electron chi connectivity index (χ4n) is 2.50. The van der Waals surface area contributed by atoms with Gasteiger partial charge in [0.15, 0.2) is 0 Å². The van der Waals surface area contributed by atoms with E-state index in [4.69, 9.17) is 0 Å². The van der Waals surface area contributed by atoms with Crippen LogP contribution in [0.2, 0.25) is 0 Å². The van der Waals surface area contributed by atoms with E-state index in [0.29, 0.717) is 0 Å². The lowest BCUT2D eigenvalue weighted by molar-refractivity contribution is 1.12. The van der Waals surface area contributed by atoms with Crippen LogP contribution in [-0.2, 0) is 0 Å². The quantitative estimate of drug-likeness (QED) is 0.534. The van der Waals surface area contributed by atoms with Crippen LogP contribution in [0.25, 0.3) is 6.08 Å². The van der Waals surface area contributed by atoms with Crippen LogP contribution in [-0.4, -0.2) is 13.3 Å². The number of aliphatic imine (C=N–C) groups is 1. The summed E-state index contributed by atoms with van der Waals surface area (Å²) in [7, 11) is 2.09. The zero-order chi connectivity index (χ0) is 16.6. The number of rotatable bonds is 4. The standard InChI is InChI=1S/C22H20N2/c1-24-21(17-16-19-11-8-9-15-22(19)24)14-7-2-3-10-18-23-20-12-5-4-6-13-20/h2-18H,1H3/b7-2+,10-3+,21-14+,23-18?. The molecule has 0 atom stereocenters. The SMILES string of the molecule is CN1/C(=C/C=C/C=C/C=Nc2ccccc2)C=Cc2ccccc21. The predicted octanol–water partition coefficient (Wildman–Crippen LogP) is 5.55. The molecule has 2 aromatic rings. The molecule has 0 spiro atoms. The largest absolute Gasteiger partial charge is 0.344 e. The molecular formula is C22H20N2. The molecule has 3 rings (SSSR count). The monoisotopic (exact) mass is 312 g/mol. The summed E-state index contributed by atoms with van der Waals surface area (Å²) in [6.07, 6.45) is 16.1. The van der Waals surface area contributed by atoms with Crippen molar-refractivity contribution < 1.29 is 0 Å². The Balaban J connectivity index is 1.59. The fourth-order valence-corrected chi connectivity index (χ4v) is 2.50. The van der Waals surface area contributed by atoms with Crippen molar-refractivity contribution in [3.63, 3.8) is 0 Å². The van der Waals surface area contributed by atoms with E-state index in [0.717, 1.165) is 11.4 Å². The summed E-state index contributed by atoms with van der Waals surface area (Å²) < 4.78 is 0. The van der Waals surface area contributed by atoms with Gasteiger partial charge in [0.05, 0.1) is 5.69 Å². The van der Waals surface area contributed by atoms with E-state index in [1.54, 1.807) is 6.21 Å². The van der Waals surface area contributed by atoms with Crippen LogP contribution in [0.15, 0.2) is 102 Å². The van der Waals surface area contributed by atoms with E-state index in [1.165, 1.54) is 11.3 Å². The van der Waals surface area contributed by atoms with Gasteiger partial charge < -0.3 is 4.90 Å². The zero-order valence-corrected chi connectivity index (χ0v) is 13.7. The molecule has 0 saturated heterocycles. The number of hydrogen-bond donors (Lipinski definition) is 0. The minimum atomic E-state index is 0.959. The van der Waals surface area contributed by atoms with Gasteiger partial charge in [0.25, 0.3) is 0 Å². The van der Waals surface area contributed by atoms with Crippen molar-refractivity contribution in [2.45, 2.75) is 0 Å². The normalized spacial score (nSPS) is 15.9. The van der Waals surface area contributed by atoms with E-state index >= 15 is 0 Å². The molecule has 118 valence electrons. The highest BCUT2D eigenvalue weighted by Crippen LogP contribution is 2.28. The number of allylic oxidation sites excluding steroid dienone is 6. The molecule has 0 bridgehead atoms. The number of benzene rings is 2. The first-order chi connectivity index (χ1) is 11.8. The van der Waals surface area contributed by atoms with E-state index in [1.807, 2.05) is 54.6 Å². The van der Waals surface area contributed by atoms with Gasteiger partial charge >= 0.3 is 0 Å². The van der Waals surface area contributed by atoms with Gasteiger partial charge in [-0.3, -0.25) is 4.99 Å². The number of fused-ring (bicyclic) bond motifs is 1. The third-order valence-corrected chi connectivity index (χ3v) is 3.79. The Morgan fingerprint density at radius 1 is 0.792 bits per heavy atom. The van der Waals surface area contributed by atoms with Crippen LogP contribution in [0.5, 0.6) is 0 Å². The van der Waals surface area contributed by atoms with Crippen LogP contribution < -0.4 is 4.90 Å². The van der Waals surface area contributed by atoms with Gasteiger partial charge in [-0.2, -0.15) is 0 Å². The Morgan fingerprint density at radius 3 is 2.42 bits per heavy atom. The number of likely N-dealkylation sites (N-methyl/N-ethyl adjacent to an activating group) is 1. The molecule has 0 fully saturated rings. The maximum atomic E-state index is 4.35. The molecule has 1 aliphatic heterocycles. The van der Waals surface area contributed by atoms with Crippen molar-refractivity contribution in [1.29, 1.82) is 0 Å². The Morgan fingerprint density at radius 2 is 1.54 bits per heavy atom. The molecule has 2 aromatic carbocycles. The van der Waals surface area contributed by atoms with E-state index in [2.05, 4.69) is 59.4 Å². The topological polar surface area (TPSA) is 15.6 Å². The van der Waals surface area contributed by atoms with Crippen molar-refractivity contribution in [3.8, 4) is 0 Å². The average molecular weight is 312 g/mol. The molecule has 2 heteroatoms. The van der Waals surface area contributed by atoms with Crippen LogP contribution in [0, 0.1) is 0 Å². The number of hydrogen-bond acceptors (Lipinski definition) is 2. The van der Waals surface area contributed by atoms with Crippen molar-refractivity contribution in [3.05, 3.63) is 102 Å². The predicted molar refractivity (Wildman–Crippen MR) is 105 cm³/mol. The lowest BCUT2D eigenvalue weighted by atomic mass is 10.1. The van der Waals surface area contributed by atoms with Gasteiger partial charge in [0.2, 0.25) is 0 Å². The minimum Gasteiger partial charge on any atom is -0.344 e. The van der Waals surface area contributed by atoms with E-state index in [9.17, 15) is 0 Å². The Labute approximate surface area is 143 Å². The van der Waals surface area contributed by atoms with Crippen LogP contribution in [0.1, 0.15) is 5.56 Å². The van der Waals surface area contributed by atoms with Crippen molar-refractivity contribution in [2.75, 3.05) is 11.9 Å². The lowest BCUT2D eigenvalue weighted by Crippen LogP contribution is -2.18. The molecule has 1 aliphatic rings. The Hall–Kier alpha value is -3.13. The van der Waals surface area contributed by atoms with Crippen molar-refractivity contribution >= 4 is 23.7 Å². The van der Waals surface area contributed by atoms with Gasteiger partial charge in [0, 0.05) is 24.6 Å². The molecular weight excluding hydrogens is 292 g/mol. The first-order valence-electron chi connectivity index (χ1n) is 7.98. The Kier molecular flexibility index (Phi) is 5.21. The number of para-hydroxylation sites is 2. The first kappa shape index (κ1) is 15.8. The minimum absolute atomic E-state index is 0.959. The third-order valence-electron chi connectivity index (χ3n) is 3.79. The second kappa shape index (κ2) is 7.93. The van der Waals surface area contributed by atoms with Crippen LogP contribution >= 0.6 is 0 Å². The van der Waals surface area contributed by atoms with Gasteiger partial charge in [0.1, 0.15) is 0 Å². The highest BCUT2D eigenvalue weighted by molar-refractivity contribution is 5.76. The summed E-state index contributed by atoms with van der Waals surface area (Å²) in [6, 6.07) is 18.3. The molecule has 24 heavy (non-hydrogen) atoms. The number of anilines is 1. The van der Waals surface area contributed by atoms with E-state index < -0.39 is 0 Å². The van der Waals surface area contributed by atoms with Gasteiger partial charge in [-0.25, -0.2) is 0 Å². The van der Waals surface area contributed by atoms with E-state index in [-0.39, 0.29) is 0 Å². The van der Waals surface area contributed by atoms with Gasteiger partial charge in [-0.15, -0.1) is 0 Å². The van der Waals surface area contributed by atoms with Gasteiger partial charge in [-0.05, 0) is 42.0 Å². The lowest BCUT2D eigenvalue weighted by Gasteiger charge is -2.25. The zero-order valence-electron chi connectivity index (χ0n) is 13.7. The highest BCUT2D eigenvalue weighted by Gasteiger charge is 2.11. The summed E-state index contributed by atoms with van der Waals surface area (Å²) in [5.74, 6) is 0. The molecule has 1 heterocycles. The molecule has 2 nitrogen and oxygen atoms in total. The summed E-state index contributed by atoms with van der Waals surface area (Å²) in [5, 5.41) is 0. The molecule has 0 radical (unpaired) electrons. The second-order valence-corrected chi connectivity index (χ2v) is 5.43. The fraction of sp³-hybridized carbons (Fsp3) is 0.0455. The molecule has 0 aromatic heterocycles. The van der Waals surface area contributed by atoms with Gasteiger partial charge in [-0.1, -0.05) is 60.7 Å². The third kappa shape index (κ3) is 3.99. The molecule has 0 unspecified atom stereocenters. The Bertz CT molecular complexity index is 824. The van der Waals surface area contributed by atoms with Crippen molar-refractivity contribution in [2.24, 2.45) is 4.99 Å². The molecule has 0 saturated carbocycles. The highest BCUT2D eigenvalue weighted by atomic mass is 15.1. The molecule has 0 N–H and O–H groups in total. The smallest absolute Gasteiger partial charge is 0.0629 e. The molecule has 0 amide bonds.